The molecule has 3 rings (SSSR count). The lowest BCUT2D eigenvalue weighted by atomic mass is 10.0. The van der Waals surface area contributed by atoms with Gasteiger partial charge in [0, 0.05) is 6.42 Å². The van der Waals surface area contributed by atoms with Gasteiger partial charge in [0.05, 0.1) is 12.2 Å². The summed E-state index contributed by atoms with van der Waals surface area (Å²) in [7, 11) is 0. The van der Waals surface area contributed by atoms with Crippen molar-refractivity contribution in [1.29, 1.82) is 0 Å². The highest BCUT2D eigenvalue weighted by molar-refractivity contribution is 5.86. The Bertz CT molecular complexity index is 466. The minimum absolute atomic E-state index is 0.0330. The van der Waals surface area contributed by atoms with Crippen molar-refractivity contribution in [3.05, 3.63) is 48.0 Å². The third-order valence-electron chi connectivity index (χ3n) is 3.49. The summed E-state index contributed by atoms with van der Waals surface area (Å²) in [6.45, 7) is 1.97. The van der Waals surface area contributed by atoms with E-state index in [1.54, 1.807) is 0 Å². The van der Waals surface area contributed by atoms with Crippen LogP contribution in [0.3, 0.4) is 0 Å². The molecule has 0 aromatic heterocycles. The maximum Gasteiger partial charge on any atom is 0.167 e. The monoisotopic (exact) mass is 244 g/mol. The predicted octanol–water partition coefficient (Wildman–Crippen LogP) is 2.43. The van der Waals surface area contributed by atoms with E-state index < -0.39 is 6.10 Å². The molecule has 3 heteroatoms. The number of carbonyl (C=O) groups excluding carboxylic acids is 1. The summed E-state index contributed by atoms with van der Waals surface area (Å²) in [5.74, 6) is 0.143. The van der Waals surface area contributed by atoms with Gasteiger partial charge in [-0.05, 0) is 12.5 Å². The topological polar surface area (TPSA) is 35.5 Å². The first-order chi connectivity index (χ1) is 8.74. The highest BCUT2D eigenvalue weighted by atomic mass is 16.6. The Balaban J connectivity index is 1.72. The van der Waals surface area contributed by atoms with Crippen LogP contribution in [0.15, 0.2) is 42.5 Å². The average molecular weight is 244 g/mol. The Morgan fingerprint density at radius 1 is 1.28 bits per heavy atom. The van der Waals surface area contributed by atoms with Crippen molar-refractivity contribution >= 4 is 5.78 Å². The molecule has 1 fully saturated rings. The van der Waals surface area contributed by atoms with Crippen LogP contribution in [0.2, 0.25) is 0 Å². The molecule has 94 valence electrons. The van der Waals surface area contributed by atoms with Gasteiger partial charge in [-0.3, -0.25) is 4.79 Å². The van der Waals surface area contributed by atoms with Crippen LogP contribution in [0.4, 0.5) is 0 Å². The number of fused-ring (bicyclic) bond motifs is 2. The maximum atomic E-state index is 12.0. The molecule has 0 unspecified atom stereocenters. The van der Waals surface area contributed by atoms with Crippen molar-refractivity contribution in [3.63, 3.8) is 0 Å². The summed E-state index contributed by atoms with van der Waals surface area (Å²) in [5, 5.41) is 0. The second-order valence-electron chi connectivity index (χ2n) is 4.80. The zero-order valence-corrected chi connectivity index (χ0v) is 10.3. The normalized spacial score (nSPS) is 31.6. The number of hydrogen-bond donors (Lipinski definition) is 0. The number of ether oxygens (including phenoxy) is 2. The summed E-state index contributed by atoms with van der Waals surface area (Å²) in [6.07, 6.45) is 3.53. The lowest BCUT2D eigenvalue weighted by Gasteiger charge is -2.30. The fourth-order valence-corrected chi connectivity index (χ4v) is 2.49. The molecule has 0 aliphatic carbocycles. The fraction of sp³-hybridized carbons (Fsp3) is 0.400. The van der Waals surface area contributed by atoms with Crippen molar-refractivity contribution in [1.82, 2.24) is 0 Å². The molecular formula is C15H16O3. The largest absolute Gasteiger partial charge is 0.363 e. The van der Waals surface area contributed by atoms with Crippen LogP contribution in [0.1, 0.15) is 25.0 Å². The molecule has 18 heavy (non-hydrogen) atoms. The van der Waals surface area contributed by atoms with Gasteiger partial charge in [-0.2, -0.15) is 0 Å². The van der Waals surface area contributed by atoms with Crippen molar-refractivity contribution < 1.29 is 14.3 Å². The van der Waals surface area contributed by atoms with E-state index >= 15 is 0 Å². The van der Waals surface area contributed by atoms with Crippen LogP contribution < -0.4 is 0 Å². The molecule has 2 aliphatic heterocycles. The van der Waals surface area contributed by atoms with Gasteiger partial charge in [-0.25, -0.2) is 0 Å². The summed E-state index contributed by atoms with van der Waals surface area (Å²) >= 11 is 0. The van der Waals surface area contributed by atoms with Gasteiger partial charge < -0.3 is 9.47 Å². The molecule has 4 atom stereocenters. The first-order valence-corrected chi connectivity index (χ1v) is 6.31. The third kappa shape index (κ3) is 2.11. The van der Waals surface area contributed by atoms with Gasteiger partial charge in [0.1, 0.15) is 12.2 Å². The second kappa shape index (κ2) is 4.67. The fourth-order valence-electron chi connectivity index (χ4n) is 2.49. The van der Waals surface area contributed by atoms with Crippen LogP contribution >= 0.6 is 0 Å². The predicted molar refractivity (Wildman–Crippen MR) is 67.2 cm³/mol. The molecule has 0 radical (unpaired) electrons. The van der Waals surface area contributed by atoms with E-state index in [0.717, 1.165) is 5.56 Å². The molecule has 0 amide bonds. The molecule has 2 aliphatic rings. The van der Waals surface area contributed by atoms with E-state index in [1.807, 2.05) is 49.4 Å². The van der Waals surface area contributed by atoms with Crippen LogP contribution in [0.5, 0.6) is 0 Å². The quantitative estimate of drug-likeness (QED) is 0.766. The molecule has 0 N–H and O–H groups in total. The SMILES string of the molecule is C[C@H](O[C@H]1C(=O)C[C@@H]2C=C[C@H]1O2)c1ccccc1. The number of hydrogen-bond acceptors (Lipinski definition) is 3. The van der Waals surface area contributed by atoms with Crippen LogP contribution in [-0.2, 0) is 14.3 Å². The zero-order valence-electron chi connectivity index (χ0n) is 10.3. The van der Waals surface area contributed by atoms with Gasteiger partial charge in [0.25, 0.3) is 0 Å². The minimum Gasteiger partial charge on any atom is -0.363 e. The Kier molecular flexibility index (Phi) is 3.02. The third-order valence-corrected chi connectivity index (χ3v) is 3.49. The standard InChI is InChI=1S/C15H16O3/c1-10(11-5-3-2-4-6-11)17-15-13(16)9-12-7-8-14(15)18-12/h2-8,10,12,14-15H,9H2,1H3/t10-,12-,14+,15-/m0/s1. The van der Waals surface area contributed by atoms with E-state index in [1.165, 1.54) is 0 Å². The molecule has 1 aromatic carbocycles. The highest BCUT2D eigenvalue weighted by Gasteiger charge is 2.40. The smallest absolute Gasteiger partial charge is 0.167 e. The van der Waals surface area contributed by atoms with Gasteiger partial charge in [0.2, 0.25) is 0 Å². The van der Waals surface area contributed by atoms with E-state index in [-0.39, 0.29) is 24.1 Å². The van der Waals surface area contributed by atoms with Crippen molar-refractivity contribution in [2.45, 2.75) is 37.8 Å². The average Bonchev–Trinajstić information content (AvgIpc) is 2.79. The summed E-state index contributed by atoms with van der Waals surface area (Å²) in [6, 6.07) is 9.92. The molecule has 1 saturated heterocycles. The minimum atomic E-state index is -0.463. The first kappa shape index (κ1) is 11.6. The Morgan fingerprint density at radius 2 is 2.06 bits per heavy atom. The first-order valence-electron chi connectivity index (χ1n) is 6.31. The highest BCUT2D eigenvalue weighted by Crippen LogP contribution is 2.30. The molecule has 1 aromatic rings. The molecule has 0 saturated carbocycles. The molecule has 3 nitrogen and oxygen atoms in total. The van der Waals surface area contributed by atoms with Crippen molar-refractivity contribution in [2.75, 3.05) is 0 Å². The summed E-state index contributed by atoms with van der Waals surface area (Å²) in [4.78, 5) is 12.0. The van der Waals surface area contributed by atoms with Gasteiger partial charge in [-0.1, -0.05) is 42.5 Å². The van der Waals surface area contributed by atoms with E-state index in [9.17, 15) is 4.79 Å². The number of carbonyl (C=O) groups is 1. The maximum absolute atomic E-state index is 12.0. The summed E-state index contributed by atoms with van der Waals surface area (Å²) < 4.78 is 11.6. The second-order valence-corrected chi connectivity index (χ2v) is 4.80. The molecular weight excluding hydrogens is 228 g/mol. The molecule has 2 bridgehead atoms. The number of rotatable bonds is 3. The van der Waals surface area contributed by atoms with Gasteiger partial charge in [-0.15, -0.1) is 0 Å². The van der Waals surface area contributed by atoms with Crippen molar-refractivity contribution in [2.24, 2.45) is 0 Å². The Morgan fingerprint density at radius 3 is 2.83 bits per heavy atom. The zero-order chi connectivity index (χ0) is 12.5. The Hall–Kier alpha value is -1.45. The van der Waals surface area contributed by atoms with Crippen LogP contribution in [-0.4, -0.2) is 24.1 Å². The Labute approximate surface area is 106 Å². The van der Waals surface area contributed by atoms with E-state index in [4.69, 9.17) is 9.47 Å². The van der Waals surface area contributed by atoms with Gasteiger partial charge in [0.15, 0.2) is 5.78 Å². The number of benzene rings is 1. The van der Waals surface area contributed by atoms with E-state index in [2.05, 4.69) is 0 Å². The van der Waals surface area contributed by atoms with Crippen LogP contribution in [0, 0.1) is 0 Å². The summed E-state index contributed by atoms with van der Waals surface area (Å²) in [5.41, 5.74) is 1.08. The number of Topliss-reactive ketones (excluding diaryl/α,β-unsaturated/α-hetero) is 1. The van der Waals surface area contributed by atoms with Gasteiger partial charge >= 0.3 is 0 Å². The molecule has 2 heterocycles. The van der Waals surface area contributed by atoms with Crippen molar-refractivity contribution in [3.8, 4) is 0 Å². The number of ketones is 1. The van der Waals surface area contributed by atoms with E-state index in [0.29, 0.717) is 6.42 Å². The van der Waals surface area contributed by atoms with Crippen LogP contribution in [0.25, 0.3) is 0 Å². The molecule has 0 spiro atoms. The lowest BCUT2D eigenvalue weighted by molar-refractivity contribution is -0.158. The lowest BCUT2D eigenvalue weighted by Crippen LogP contribution is -2.43.